The number of furan rings is 1. The summed E-state index contributed by atoms with van der Waals surface area (Å²) in [7, 11) is 0. The smallest absolute Gasteiger partial charge is 0.257 e. The minimum atomic E-state index is -0.185. The van der Waals surface area contributed by atoms with Crippen LogP contribution in [0.2, 0.25) is 0 Å². The van der Waals surface area contributed by atoms with Gasteiger partial charge in [-0.2, -0.15) is 0 Å². The van der Waals surface area contributed by atoms with Gasteiger partial charge < -0.3 is 18.8 Å². The third-order valence-corrected chi connectivity index (χ3v) is 4.75. The second kappa shape index (κ2) is 6.28. The quantitative estimate of drug-likeness (QED) is 0.866. The molecule has 6 nitrogen and oxygen atoms in total. The lowest BCUT2D eigenvalue weighted by Crippen LogP contribution is -2.44. The van der Waals surface area contributed by atoms with Crippen LogP contribution in [0.15, 0.2) is 41.3 Å². The molecule has 2 aliphatic heterocycles. The first-order valence-corrected chi connectivity index (χ1v) is 8.27. The second-order valence-electron chi connectivity index (χ2n) is 6.24. The molecule has 2 aromatic heterocycles. The van der Waals surface area contributed by atoms with Crippen LogP contribution in [0.5, 0.6) is 5.75 Å². The van der Waals surface area contributed by atoms with Gasteiger partial charge in [0.1, 0.15) is 23.7 Å². The number of aryl methyl sites for hydroxylation is 1. The highest BCUT2D eigenvalue weighted by Crippen LogP contribution is 2.33. The van der Waals surface area contributed by atoms with Crippen molar-refractivity contribution in [3.8, 4) is 5.75 Å². The molecular formula is C18H20N2O4. The number of aromatic nitrogens is 1. The molecule has 4 heterocycles. The van der Waals surface area contributed by atoms with E-state index in [1.54, 1.807) is 24.7 Å². The number of rotatable bonds is 3. The standard InChI is InChI=1S/C18H20N2O4/c1-12-14(6-9-22-12)18(21)20-11-16(17-15(20)5-3-8-23-17)24-13-4-2-7-19-10-13/h2,4,6-7,9-10,15-17H,3,5,8,11H2,1H3/t15-,16+,17+/m0/s1. The Morgan fingerprint density at radius 2 is 2.33 bits per heavy atom. The van der Waals surface area contributed by atoms with E-state index in [4.69, 9.17) is 13.9 Å². The number of pyridine rings is 1. The Hall–Kier alpha value is -2.34. The molecule has 2 aromatic rings. The van der Waals surface area contributed by atoms with E-state index in [9.17, 15) is 4.79 Å². The highest BCUT2D eigenvalue weighted by molar-refractivity contribution is 5.95. The minimum absolute atomic E-state index is 0.0148. The van der Waals surface area contributed by atoms with Gasteiger partial charge in [0.15, 0.2) is 0 Å². The molecule has 0 radical (unpaired) electrons. The number of ether oxygens (including phenoxy) is 2. The molecule has 6 heteroatoms. The van der Waals surface area contributed by atoms with E-state index in [0.29, 0.717) is 30.2 Å². The van der Waals surface area contributed by atoms with Crippen LogP contribution in [0.1, 0.15) is 29.0 Å². The largest absolute Gasteiger partial charge is 0.484 e. The van der Waals surface area contributed by atoms with Gasteiger partial charge in [-0.3, -0.25) is 9.78 Å². The molecule has 2 saturated heterocycles. The van der Waals surface area contributed by atoms with Crippen molar-refractivity contribution in [2.75, 3.05) is 13.2 Å². The van der Waals surface area contributed by atoms with Crippen molar-refractivity contribution < 1.29 is 18.7 Å². The van der Waals surface area contributed by atoms with Crippen molar-refractivity contribution in [3.63, 3.8) is 0 Å². The van der Waals surface area contributed by atoms with Gasteiger partial charge in [-0.05, 0) is 38.0 Å². The zero-order valence-corrected chi connectivity index (χ0v) is 13.6. The fourth-order valence-corrected chi connectivity index (χ4v) is 3.60. The van der Waals surface area contributed by atoms with Crippen molar-refractivity contribution in [2.24, 2.45) is 0 Å². The van der Waals surface area contributed by atoms with Crippen LogP contribution in [0, 0.1) is 6.92 Å². The molecule has 0 bridgehead atoms. The summed E-state index contributed by atoms with van der Waals surface area (Å²) in [6.45, 7) is 3.02. The number of amides is 1. The number of hydrogen-bond acceptors (Lipinski definition) is 5. The molecular weight excluding hydrogens is 308 g/mol. The topological polar surface area (TPSA) is 64.8 Å². The van der Waals surface area contributed by atoms with E-state index in [1.165, 1.54) is 0 Å². The average molecular weight is 328 g/mol. The summed E-state index contributed by atoms with van der Waals surface area (Å²) >= 11 is 0. The van der Waals surface area contributed by atoms with Crippen molar-refractivity contribution in [1.29, 1.82) is 0 Å². The van der Waals surface area contributed by atoms with Gasteiger partial charge in [0.2, 0.25) is 0 Å². The van der Waals surface area contributed by atoms with Crippen molar-refractivity contribution in [2.45, 2.75) is 38.0 Å². The van der Waals surface area contributed by atoms with Gasteiger partial charge >= 0.3 is 0 Å². The molecule has 0 saturated carbocycles. The van der Waals surface area contributed by atoms with Crippen molar-refractivity contribution in [3.05, 3.63) is 48.2 Å². The number of likely N-dealkylation sites (tertiary alicyclic amines) is 1. The lowest BCUT2D eigenvalue weighted by Gasteiger charge is -2.32. The summed E-state index contributed by atoms with van der Waals surface area (Å²) in [5.41, 5.74) is 0.612. The van der Waals surface area contributed by atoms with Crippen molar-refractivity contribution in [1.82, 2.24) is 9.88 Å². The lowest BCUT2D eigenvalue weighted by atomic mass is 10.0. The van der Waals surface area contributed by atoms with Gasteiger partial charge in [0.25, 0.3) is 5.91 Å². The molecule has 0 aliphatic carbocycles. The average Bonchev–Trinajstić information content (AvgIpc) is 3.20. The van der Waals surface area contributed by atoms with Gasteiger partial charge in [0, 0.05) is 12.8 Å². The van der Waals surface area contributed by atoms with Crippen LogP contribution in [0.3, 0.4) is 0 Å². The molecule has 0 N–H and O–H groups in total. The number of hydrogen-bond donors (Lipinski definition) is 0. The second-order valence-corrected chi connectivity index (χ2v) is 6.24. The fraction of sp³-hybridized carbons (Fsp3) is 0.444. The lowest BCUT2D eigenvalue weighted by molar-refractivity contribution is -0.0447. The van der Waals surface area contributed by atoms with E-state index in [2.05, 4.69) is 4.98 Å². The summed E-state index contributed by atoms with van der Waals surface area (Å²) in [4.78, 5) is 18.9. The van der Waals surface area contributed by atoms with Crippen LogP contribution in [0.25, 0.3) is 0 Å². The zero-order chi connectivity index (χ0) is 16.5. The SMILES string of the molecule is Cc1occc1C(=O)N1C[C@@H](Oc2cccnc2)[C@@H]2OCCC[C@@H]21. The molecule has 126 valence electrons. The maximum absolute atomic E-state index is 12.9. The summed E-state index contributed by atoms with van der Waals surface area (Å²) < 4.78 is 17.3. The van der Waals surface area contributed by atoms with Gasteiger partial charge in [-0.15, -0.1) is 0 Å². The number of carbonyl (C=O) groups is 1. The minimum Gasteiger partial charge on any atom is -0.484 e. The normalized spacial score (nSPS) is 26.2. The monoisotopic (exact) mass is 328 g/mol. The molecule has 0 spiro atoms. The molecule has 2 aliphatic rings. The Bertz CT molecular complexity index is 715. The third-order valence-electron chi connectivity index (χ3n) is 4.75. The Morgan fingerprint density at radius 1 is 1.42 bits per heavy atom. The molecule has 0 unspecified atom stereocenters. The van der Waals surface area contributed by atoms with E-state index >= 15 is 0 Å². The number of nitrogens with zero attached hydrogens (tertiary/aromatic N) is 2. The van der Waals surface area contributed by atoms with Crippen LogP contribution in [0.4, 0.5) is 0 Å². The predicted molar refractivity (Wildman–Crippen MR) is 85.9 cm³/mol. The van der Waals surface area contributed by atoms with Gasteiger partial charge in [-0.25, -0.2) is 0 Å². The summed E-state index contributed by atoms with van der Waals surface area (Å²) in [5, 5.41) is 0. The van der Waals surface area contributed by atoms with E-state index in [1.807, 2.05) is 24.0 Å². The Morgan fingerprint density at radius 3 is 3.08 bits per heavy atom. The summed E-state index contributed by atoms with van der Waals surface area (Å²) in [6, 6.07) is 5.48. The fourth-order valence-electron chi connectivity index (χ4n) is 3.60. The highest BCUT2D eigenvalue weighted by atomic mass is 16.5. The van der Waals surface area contributed by atoms with Gasteiger partial charge in [-0.1, -0.05) is 0 Å². The first-order chi connectivity index (χ1) is 11.7. The first kappa shape index (κ1) is 15.2. The molecule has 24 heavy (non-hydrogen) atoms. The number of fused-ring (bicyclic) bond motifs is 1. The van der Waals surface area contributed by atoms with E-state index in [0.717, 1.165) is 12.8 Å². The Labute approximate surface area is 140 Å². The predicted octanol–water partition coefficient (Wildman–Crippen LogP) is 2.43. The van der Waals surface area contributed by atoms with Crippen LogP contribution >= 0.6 is 0 Å². The first-order valence-electron chi connectivity index (χ1n) is 8.27. The van der Waals surface area contributed by atoms with Crippen LogP contribution < -0.4 is 4.74 Å². The van der Waals surface area contributed by atoms with Crippen molar-refractivity contribution >= 4 is 5.91 Å². The molecule has 2 fully saturated rings. The summed E-state index contributed by atoms with van der Waals surface area (Å²) in [6.07, 6.45) is 6.54. The van der Waals surface area contributed by atoms with E-state index in [-0.39, 0.29) is 24.2 Å². The Kier molecular flexibility index (Phi) is 3.98. The Balaban J connectivity index is 1.57. The summed E-state index contributed by atoms with van der Waals surface area (Å²) in [5.74, 6) is 1.33. The third kappa shape index (κ3) is 2.67. The highest BCUT2D eigenvalue weighted by Gasteiger charge is 2.47. The zero-order valence-electron chi connectivity index (χ0n) is 13.6. The molecule has 0 aromatic carbocycles. The van der Waals surface area contributed by atoms with Crippen LogP contribution in [-0.2, 0) is 4.74 Å². The maximum Gasteiger partial charge on any atom is 0.257 e. The molecule has 3 atom stereocenters. The van der Waals surface area contributed by atoms with Crippen LogP contribution in [-0.4, -0.2) is 47.2 Å². The van der Waals surface area contributed by atoms with E-state index < -0.39 is 0 Å². The number of carbonyl (C=O) groups excluding carboxylic acids is 1. The molecule has 4 rings (SSSR count). The van der Waals surface area contributed by atoms with Gasteiger partial charge in [0.05, 0.1) is 30.6 Å². The maximum atomic E-state index is 12.9. The molecule has 1 amide bonds.